The van der Waals surface area contributed by atoms with Crippen molar-refractivity contribution in [3.63, 3.8) is 0 Å². The van der Waals surface area contributed by atoms with E-state index in [1.807, 2.05) is 322 Å². The molecular weight excluding hydrogens is 2050 g/mol. The molecule has 0 spiro atoms. The number of ether oxygens (including phenoxy) is 4. The number of rotatable bonds is 22. The molecule has 0 heterocycles. The van der Waals surface area contributed by atoms with Gasteiger partial charge in [0.1, 0.15) is 23.0 Å². The zero-order chi connectivity index (χ0) is 78.8. The fraction of sp³-hybridized carbons (Fsp3) is 0.0426. The molecule has 12 aromatic rings. The average molecular weight is 2130 g/mol. The monoisotopic (exact) mass is 2120 g/mol. The molecule has 0 radical (unpaired) electrons. The number of hydrogen-bond acceptors (Lipinski definition) is 10. The zero-order valence-electron chi connectivity index (χ0n) is 60.1. The van der Waals surface area contributed by atoms with Crippen LogP contribution in [0.3, 0.4) is 0 Å². The third-order valence-corrected chi connectivity index (χ3v) is 19.5. The highest BCUT2D eigenvalue weighted by atomic mass is 127. The SMILES string of the molecule is COc1ccc(/C=C/C(=O)c2ccc(I)cc2)cc1.COc1ccc(/C=C/C(=O)c2cccc(I)c2)cc1.COc1cccc(/C=C/C(=O)c2ccc(I)cc2)c1.COc1cccc(/C=C/C(=O)c2cccc(I)c2)c1.O=C(/C=C/c1ccccc1)c1ccc(I)cc1.O=C(/C=C/c1ccccc1)c1cccc(I)c1. The Bertz CT molecular complexity index is 5150. The van der Waals surface area contributed by atoms with Crippen molar-refractivity contribution in [2.24, 2.45) is 0 Å². The molecule has 0 aromatic heterocycles. The molecule has 12 rings (SSSR count). The Labute approximate surface area is 725 Å². The molecule has 0 aliphatic heterocycles. The molecule has 0 aliphatic rings. The molecule has 0 N–H and O–H groups in total. The topological polar surface area (TPSA) is 139 Å². The van der Waals surface area contributed by atoms with Gasteiger partial charge in [0.15, 0.2) is 34.7 Å². The number of hydrogen-bond donors (Lipinski definition) is 0. The molecule has 0 amide bonds. The quantitative estimate of drug-likeness (QED) is 0.0366. The Morgan fingerprint density at radius 2 is 0.427 bits per heavy atom. The van der Waals surface area contributed by atoms with Gasteiger partial charge in [0, 0.05) is 54.8 Å². The molecule has 552 valence electrons. The fourth-order valence-electron chi connectivity index (χ4n) is 9.43. The Morgan fingerprint density at radius 3 is 0.682 bits per heavy atom. The van der Waals surface area contributed by atoms with Crippen LogP contribution in [0.4, 0.5) is 0 Å². The van der Waals surface area contributed by atoms with Crippen LogP contribution < -0.4 is 18.9 Å². The maximum absolute atomic E-state index is 12.0. The van der Waals surface area contributed by atoms with Gasteiger partial charge in [0.25, 0.3) is 0 Å². The van der Waals surface area contributed by atoms with Crippen molar-refractivity contribution in [1.29, 1.82) is 0 Å². The smallest absolute Gasteiger partial charge is 0.185 e. The zero-order valence-corrected chi connectivity index (χ0v) is 73.1. The predicted octanol–water partition coefficient (Wildman–Crippen LogP) is 25.2. The van der Waals surface area contributed by atoms with Gasteiger partial charge < -0.3 is 18.9 Å². The summed E-state index contributed by atoms with van der Waals surface area (Å²) in [4.78, 5) is 71.6. The minimum atomic E-state index is -0.000722. The average Bonchev–Trinajstić information content (AvgIpc) is 0.893. The van der Waals surface area contributed by atoms with Crippen molar-refractivity contribution in [3.8, 4) is 23.0 Å². The van der Waals surface area contributed by atoms with Crippen LogP contribution in [0.25, 0.3) is 36.5 Å². The van der Waals surface area contributed by atoms with E-state index < -0.39 is 0 Å². The summed E-state index contributed by atoms with van der Waals surface area (Å²) in [6, 6.07) is 95.2. The molecule has 16 heteroatoms. The van der Waals surface area contributed by atoms with E-state index in [4.69, 9.17) is 18.9 Å². The maximum Gasteiger partial charge on any atom is 0.185 e. The number of halogens is 6. The second-order valence-electron chi connectivity index (χ2n) is 23.2. The summed E-state index contributed by atoms with van der Waals surface area (Å²) in [5.74, 6) is 3.26. The summed E-state index contributed by atoms with van der Waals surface area (Å²) >= 11 is 13.2. The summed E-state index contributed by atoms with van der Waals surface area (Å²) < 4.78 is 27.0. The number of benzene rings is 12. The molecule has 0 saturated carbocycles. The van der Waals surface area contributed by atoms with E-state index in [0.717, 1.165) is 88.9 Å². The third kappa shape index (κ3) is 33.1. The first kappa shape index (κ1) is 87.9. The van der Waals surface area contributed by atoms with Crippen LogP contribution in [0.1, 0.15) is 95.5 Å². The van der Waals surface area contributed by atoms with Gasteiger partial charge in [-0.2, -0.15) is 0 Å². The summed E-state index contributed by atoms with van der Waals surface area (Å²) in [6.07, 6.45) is 20.4. The normalized spacial score (nSPS) is 10.6. The van der Waals surface area contributed by atoms with Crippen molar-refractivity contribution in [3.05, 3.63) is 428 Å². The lowest BCUT2D eigenvalue weighted by molar-refractivity contribution is 0.103. The van der Waals surface area contributed by atoms with Gasteiger partial charge in [0.05, 0.1) is 28.4 Å². The van der Waals surface area contributed by atoms with Crippen LogP contribution in [0.2, 0.25) is 0 Å². The van der Waals surface area contributed by atoms with Gasteiger partial charge in [-0.15, -0.1) is 0 Å². The lowest BCUT2D eigenvalue weighted by Crippen LogP contribution is -1.94. The van der Waals surface area contributed by atoms with Crippen molar-refractivity contribution < 1.29 is 47.7 Å². The highest BCUT2D eigenvalue weighted by Crippen LogP contribution is 2.21. The van der Waals surface area contributed by atoms with Gasteiger partial charge >= 0.3 is 0 Å². The molecule has 0 bridgehead atoms. The van der Waals surface area contributed by atoms with Crippen molar-refractivity contribution in [2.75, 3.05) is 28.4 Å². The number of carbonyl (C=O) groups excluding carboxylic acids is 6. The van der Waals surface area contributed by atoms with Gasteiger partial charge in [-0.25, -0.2) is 0 Å². The van der Waals surface area contributed by atoms with E-state index in [0.29, 0.717) is 22.3 Å². The van der Waals surface area contributed by atoms with E-state index in [1.54, 1.807) is 83.1 Å². The minimum Gasteiger partial charge on any atom is -0.497 e. The predicted molar refractivity (Wildman–Crippen MR) is 500 cm³/mol. The minimum absolute atomic E-state index is 0.000722. The molecule has 10 nitrogen and oxygen atoms in total. The molecule has 0 saturated heterocycles. The van der Waals surface area contributed by atoms with Crippen LogP contribution in [0, 0.1) is 21.4 Å². The van der Waals surface area contributed by atoms with E-state index in [1.165, 1.54) is 0 Å². The molecule has 0 fully saturated rings. The van der Waals surface area contributed by atoms with E-state index in [9.17, 15) is 28.8 Å². The summed E-state index contributed by atoms with van der Waals surface area (Å²) in [5.41, 5.74) is 10.1. The number of ketones is 6. The first-order chi connectivity index (χ1) is 53.3. The van der Waals surface area contributed by atoms with Crippen molar-refractivity contribution in [1.82, 2.24) is 0 Å². The highest BCUT2D eigenvalue weighted by Gasteiger charge is 2.08. The van der Waals surface area contributed by atoms with Crippen LogP contribution >= 0.6 is 136 Å². The van der Waals surface area contributed by atoms with Gasteiger partial charge in [-0.3, -0.25) is 28.8 Å². The van der Waals surface area contributed by atoms with Gasteiger partial charge in [-0.05, 0) is 327 Å². The maximum atomic E-state index is 12.0. The summed E-state index contributed by atoms with van der Waals surface area (Å²) in [6.45, 7) is 0. The van der Waals surface area contributed by atoms with E-state index >= 15 is 0 Å². The van der Waals surface area contributed by atoms with Crippen molar-refractivity contribution in [2.45, 2.75) is 0 Å². The molecule has 0 unspecified atom stereocenters. The first-order valence-electron chi connectivity index (χ1n) is 33.8. The number of allylic oxidation sites excluding steroid dienone is 6. The standard InChI is InChI=1S/4C16H13IO2.2C15H11IO/c1-19-15-9-2-12(3-10-15)4-11-16(18)13-5-7-14(17)8-6-13;1-19-15-7-2-4-12(10-15)8-9-16(18)13-5-3-6-14(17)11-13;1-19-15-4-2-3-12(11-15)5-10-16(18)13-6-8-14(17)9-7-13;1-19-15-8-5-12(6-9-15)7-10-16(18)13-3-2-4-14(17)11-13;16-14-8-4-7-13(11-14)15(17)10-9-12-5-2-1-3-6-12;16-14-9-7-13(8-10-14)15(17)11-6-12-4-2-1-3-5-12/h4*2-11H,1H3;2*1-11H/b11-4+;9-8+;10-5+;10-7+;10-9+;11-6+. The van der Waals surface area contributed by atoms with Crippen molar-refractivity contribution >= 4 is 207 Å². The van der Waals surface area contributed by atoms with E-state index in [2.05, 4.69) is 136 Å². The molecule has 12 aromatic carbocycles. The fourth-order valence-corrected chi connectivity index (χ4v) is 12.1. The van der Waals surface area contributed by atoms with E-state index in [-0.39, 0.29) is 34.7 Å². The molecule has 0 aliphatic carbocycles. The Hall–Kier alpha value is -9.32. The second-order valence-corrected chi connectivity index (χ2v) is 30.6. The number of carbonyl (C=O) groups is 6. The molecule has 110 heavy (non-hydrogen) atoms. The lowest BCUT2D eigenvalue weighted by atomic mass is 10.1. The summed E-state index contributed by atoms with van der Waals surface area (Å²) in [5, 5.41) is 0. The Balaban J connectivity index is 0.000000184. The van der Waals surface area contributed by atoms with Crippen LogP contribution in [-0.2, 0) is 0 Å². The van der Waals surface area contributed by atoms with Gasteiger partial charge in [-0.1, -0.05) is 218 Å². The first-order valence-corrected chi connectivity index (χ1v) is 40.3. The summed E-state index contributed by atoms with van der Waals surface area (Å²) in [7, 11) is 6.51. The molecular formula is C94H74I6O10. The Kier molecular flexibility index (Phi) is 39.2. The van der Waals surface area contributed by atoms with Crippen LogP contribution in [0.15, 0.2) is 340 Å². The number of methoxy groups -OCH3 is 4. The third-order valence-electron chi connectivity index (χ3n) is 15.3. The lowest BCUT2D eigenvalue weighted by Gasteiger charge is -2.00. The van der Waals surface area contributed by atoms with Gasteiger partial charge in [0.2, 0.25) is 0 Å². The largest absolute Gasteiger partial charge is 0.497 e. The van der Waals surface area contributed by atoms with Crippen LogP contribution in [0.5, 0.6) is 23.0 Å². The Morgan fingerprint density at radius 1 is 0.200 bits per heavy atom. The second kappa shape index (κ2) is 49.0. The molecule has 0 atom stereocenters. The highest BCUT2D eigenvalue weighted by molar-refractivity contribution is 14.1. The van der Waals surface area contributed by atoms with Crippen LogP contribution in [-0.4, -0.2) is 63.1 Å².